The van der Waals surface area contributed by atoms with Gasteiger partial charge in [-0.15, -0.1) is 0 Å². The van der Waals surface area contributed by atoms with Gasteiger partial charge in [-0.1, -0.05) is 38.1 Å². The number of imide groups is 1. The number of carbonyl (C=O) groups excluding carboxylic acids is 3. The highest BCUT2D eigenvalue weighted by atomic mass is 16.2. The van der Waals surface area contributed by atoms with Crippen LogP contribution in [0, 0.1) is 34.5 Å². The number of fused-ring (bicyclic) bond motifs is 5. The molecule has 7 atom stereocenters. The third-order valence-corrected chi connectivity index (χ3v) is 9.92. The van der Waals surface area contributed by atoms with E-state index in [1.807, 2.05) is 18.2 Å². The third kappa shape index (κ3) is 3.86. The molecule has 0 unspecified atom stereocenters. The van der Waals surface area contributed by atoms with E-state index < -0.39 is 0 Å². The fourth-order valence-corrected chi connectivity index (χ4v) is 8.35. The predicted octanol–water partition coefficient (Wildman–Crippen LogP) is 5.37. The Bertz CT molecular complexity index is 1060. The van der Waals surface area contributed by atoms with Crippen LogP contribution < -0.4 is 5.32 Å². The first-order chi connectivity index (χ1) is 16.5. The van der Waals surface area contributed by atoms with E-state index in [4.69, 9.17) is 0 Å². The molecule has 1 aromatic carbocycles. The Morgan fingerprint density at radius 2 is 1.69 bits per heavy atom. The van der Waals surface area contributed by atoms with Gasteiger partial charge in [0.05, 0.1) is 0 Å². The summed E-state index contributed by atoms with van der Waals surface area (Å²) in [4.78, 5) is 41.3. The molecule has 0 spiro atoms. The average molecular weight is 477 g/mol. The van der Waals surface area contributed by atoms with E-state index in [0.29, 0.717) is 23.3 Å². The van der Waals surface area contributed by atoms with E-state index in [-0.39, 0.29) is 46.1 Å². The number of hydrogen-bond donors (Lipinski definition) is 1. The molecule has 1 aliphatic heterocycles. The predicted molar refractivity (Wildman–Crippen MR) is 136 cm³/mol. The summed E-state index contributed by atoms with van der Waals surface area (Å²) in [6.45, 7) is 10.8. The van der Waals surface area contributed by atoms with E-state index in [0.717, 1.165) is 38.5 Å². The van der Waals surface area contributed by atoms with Crippen molar-refractivity contribution in [3.8, 4) is 0 Å². The summed E-state index contributed by atoms with van der Waals surface area (Å²) in [6.07, 6.45) is 9.72. The lowest BCUT2D eigenvalue weighted by molar-refractivity contribution is -0.141. The van der Waals surface area contributed by atoms with Crippen LogP contribution in [0.5, 0.6) is 0 Å². The normalized spacial score (nSPS) is 38.4. The van der Waals surface area contributed by atoms with Gasteiger partial charge in [-0.2, -0.15) is 0 Å². The highest BCUT2D eigenvalue weighted by Gasteiger charge is 2.62. The van der Waals surface area contributed by atoms with Crippen LogP contribution in [-0.4, -0.2) is 34.2 Å². The first kappa shape index (κ1) is 24.3. The number of carbonyl (C=O) groups is 3. The SMILES string of the molecule is CC(C)(C)NC(=O)[C@H]1CC[C@H]2[C@@H]3CC[C@H]4N(C(=O)c5ccccc5)C(=O)C=C[C@]4(C)[C@H]3CC[C@]12C. The van der Waals surface area contributed by atoms with Crippen LogP contribution in [0.4, 0.5) is 0 Å². The van der Waals surface area contributed by atoms with Crippen LogP contribution in [0.15, 0.2) is 42.5 Å². The number of nitrogens with zero attached hydrogens (tertiary/aromatic N) is 1. The maximum absolute atomic E-state index is 13.5. The van der Waals surface area contributed by atoms with E-state index in [2.05, 4.69) is 46.0 Å². The number of rotatable bonds is 2. The van der Waals surface area contributed by atoms with E-state index in [1.54, 1.807) is 23.1 Å². The second kappa shape index (κ2) is 8.31. The number of hydrogen-bond acceptors (Lipinski definition) is 3. The Morgan fingerprint density at radius 1 is 0.971 bits per heavy atom. The molecular formula is C30H40N2O3. The highest BCUT2D eigenvalue weighted by Crippen LogP contribution is 2.65. The molecule has 3 fully saturated rings. The molecule has 5 rings (SSSR count). The zero-order valence-corrected chi connectivity index (χ0v) is 21.8. The van der Waals surface area contributed by atoms with Gasteiger partial charge in [0.25, 0.3) is 11.8 Å². The highest BCUT2D eigenvalue weighted by molar-refractivity contribution is 6.09. The van der Waals surface area contributed by atoms with Crippen LogP contribution in [-0.2, 0) is 9.59 Å². The number of benzene rings is 1. The third-order valence-electron chi connectivity index (χ3n) is 9.92. The average Bonchev–Trinajstić information content (AvgIpc) is 3.16. The molecule has 0 radical (unpaired) electrons. The van der Waals surface area contributed by atoms with E-state index >= 15 is 0 Å². The van der Waals surface area contributed by atoms with Gasteiger partial charge in [0.1, 0.15) is 0 Å². The van der Waals surface area contributed by atoms with Crippen LogP contribution in [0.1, 0.15) is 83.5 Å². The topological polar surface area (TPSA) is 66.5 Å². The van der Waals surface area contributed by atoms with Gasteiger partial charge in [-0.25, -0.2) is 0 Å². The van der Waals surface area contributed by atoms with Gasteiger partial charge in [-0.3, -0.25) is 19.3 Å². The lowest BCUT2D eigenvalue weighted by Gasteiger charge is -2.60. The quantitative estimate of drug-likeness (QED) is 0.584. The van der Waals surface area contributed by atoms with Crippen LogP contribution in [0.3, 0.4) is 0 Å². The van der Waals surface area contributed by atoms with Gasteiger partial charge in [0, 0.05) is 34.6 Å². The molecule has 35 heavy (non-hydrogen) atoms. The standard InChI is InChI=1S/C30H40N2O3/c1-28(2,3)31-26(34)23-13-12-21-20-11-14-24-30(5,22(20)15-17-29(21,23)4)18-16-25(33)32(24)27(35)19-9-7-6-8-10-19/h6-10,16,18,20-24H,11-15,17H2,1-5H3,(H,31,34)/t20-,21-,22-,23+,24+,29-,30+/m0/s1. The zero-order valence-electron chi connectivity index (χ0n) is 21.8. The smallest absolute Gasteiger partial charge is 0.261 e. The maximum Gasteiger partial charge on any atom is 0.261 e. The van der Waals surface area contributed by atoms with Crippen molar-refractivity contribution in [1.82, 2.24) is 10.2 Å². The van der Waals surface area contributed by atoms with Crippen molar-refractivity contribution in [3.63, 3.8) is 0 Å². The minimum absolute atomic E-state index is 0.0213. The van der Waals surface area contributed by atoms with Crippen LogP contribution >= 0.6 is 0 Å². The van der Waals surface area contributed by atoms with Crippen molar-refractivity contribution in [1.29, 1.82) is 0 Å². The molecule has 0 saturated heterocycles. The Kier molecular flexibility index (Phi) is 5.77. The van der Waals surface area contributed by atoms with Gasteiger partial charge < -0.3 is 5.32 Å². The minimum atomic E-state index is -0.228. The fraction of sp³-hybridized carbons (Fsp3) is 0.633. The first-order valence-electron chi connectivity index (χ1n) is 13.4. The van der Waals surface area contributed by atoms with Gasteiger partial charge in [0.2, 0.25) is 5.91 Å². The molecule has 188 valence electrons. The molecule has 0 bridgehead atoms. The lowest BCUT2D eigenvalue weighted by Crippen LogP contribution is -2.62. The molecule has 3 amide bonds. The Morgan fingerprint density at radius 3 is 2.37 bits per heavy atom. The van der Waals surface area contributed by atoms with E-state index in [1.165, 1.54) is 0 Å². The second-order valence-corrected chi connectivity index (χ2v) is 13.0. The molecular weight excluding hydrogens is 436 g/mol. The summed E-state index contributed by atoms with van der Waals surface area (Å²) in [5.74, 6) is 1.35. The summed E-state index contributed by atoms with van der Waals surface area (Å²) in [6, 6.07) is 9.07. The summed E-state index contributed by atoms with van der Waals surface area (Å²) < 4.78 is 0. The molecule has 1 heterocycles. The summed E-state index contributed by atoms with van der Waals surface area (Å²) in [5, 5.41) is 3.25. The minimum Gasteiger partial charge on any atom is -0.351 e. The first-order valence-corrected chi connectivity index (χ1v) is 13.4. The zero-order chi connectivity index (χ0) is 25.2. The fourth-order valence-electron chi connectivity index (χ4n) is 8.35. The van der Waals surface area contributed by atoms with Crippen molar-refractivity contribution in [2.45, 2.75) is 84.7 Å². The summed E-state index contributed by atoms with van der Waals surface area (Å²) in [7, 11) is 0. The van der Waals surface area contributed by atoms with Crippen LogP contribution in [0.2, 0.25) is 0 Å². The van der Waals surface area contributed by atoms with Gasteiger partial charge in [-0.05, 0) is 94.6 Å². The van der Waals surface area contributed by atoms with Crippen molar-refractivity contribution >= 4 is 17.7 Å². The van der Waals surface area contributed by atoms with Crippen LogP contribution in [0.25, 0.3) is 0 Å². The molecule has 3 aliphatic carbocycles. The largest absolute Gasteiger partial charge is 0.351 e. The summed E-state index contributed by atoms with van der Waals surface area (Å²) in [5.41, 5.74) is 0.143. The Labute approximate surface area is 209 Å². The molecule has 1 aromatic rings. The molecule has 3 saturated carbocycles. The Balaban J connectivity index is 1.41. The number of amides is 3. The van der Waals surface area contributed by atoms with Crippen molar-refractivity contribution in [3.05, 3.63) is 48.0 Å². The van der Waals surface area contributed by atoms with E-state index in [9.17, 15) is 14.4 Å². The maximum atomic E-state index is 13.5. The van der Waals surface area contributed by atoms with Gasteiger partial charge in [0.15, 0.2) is 0 Å². The monoisotopic (exact) mass is 476 g/mol. The number of nitrogens with one attached hydrogen (secondary N) is 1. The Hall–Kier alpha value is -2.43. The molecule has 5 heteroatoms. The second-order valence-electron chi connectivity index (χ2n) is 13.0. The van der Waals surface area contributed by atoms with Crippen molar-refractivity contribution in [2.24, 2.45) is 34.5 Å². The summed E-state index contributed by atoms with van der Waals surface area (Å²) >= 11 is 0. The van der Waals surface area contributed by atoms with Crippen molar-refractivity contribution < 1.29 is 14.4 Å². The molecule has 5 nitrogen and oxygen atoms in total. The molecule has 4 aliphatic rings. The lowest BCUT2D eigenvalue weighted by atomic mass is 9.47. The molecule has 0 aromatic heterocycles. The van der Waals surface area contributed by atoms with Crippen molar-refractivity contribution in [2.75, 3.05) is 0 Å². The van der Waals surface area contributed by atoms with Gasteiger partial charge >= 0.3 is 0 Å². The molecule has 1 N–H and O–H groups in total.